The minimum atomic E-state index is -4.37. The summed E-state index contributed by atoms with van der Waals surface area (Å²) in [5.41, 5.74) is 1.69. The van der Waals surface area contributed by atoms with Crippen LogP contribution in [-0.2, 0) is 12.7 Å². The van der Waals surface area contributed by atoms with Crippen LogP contribution in [0, 0.1) is 0 Å². The van der Waals surface area contributed by atoms with Crippen molar-refractivity contribution in [2.45, 2.75) is 25.7 Å². The molecular weight excluding hydrogens is 355 g/mol. The number of nitrogens with zero attached hydrogens (tertiary/aromatic N) is 2. The molecule has 2 aromatic carbocycles. The van der Waals surface area contributed by atoms with Crippen LogP contribution in [0.15, 0.2) is 60.7 Å². The van der Waals surface area contributed by atoms with Gasteiger partial charge in [0, 0.05) is 18.7 Å². The third-order valence-corrected chi connectivity index (χ3v) is 4.26. The zero-order valence-electron chi connectivity index (χ0n) is 15.0. The van der Waals surface area contributed by atoms with E-state index in [4.69, 9.17) is 4.74 Å². The van der Waals surface area contributed by atoms with E-state index in [0.717, 1.165) is 23.4 Å². The Hall–Kier alpha value is -2.80. The number of nitrogens with one attached hydrogen (secondary N) is 1. The molecule has 0 fully saturated rings. The number of halogens is 3. The Balaban J connectivity index is 1.75. The molecule has 0 saturated heterocycles. The Morgan fingerprint density at radius 2 is 1.74 bits per heavy atom. The second-order valence-corrected chi connectivity index (χ2v) is 6.15. The van der Waals surface area contributed by atoms with Crippen molar-refractivity contribution in [1.29, 1.82) is 0 Å². The summed E-state index contributed by atoms with van der Waals surface area (Å²) in [7, 11) is 1.50. The first-order chi connectivity index (χ1) is 12.9. The van der Waals surface area contributed by atoms with Crippen LogP contribution in [0.4, 0.5) is 13.2 Å². The minimum Gasteiger partial charge on any atom is -0.481 e. The van der Waals surface area contributed by atoms with Crippen LogP contribution in [0.2, 0.25) is 0 Å². The van der Waals surface area contributed by atoms with Crippen molar-refractivity contribution in [2.24, 2.45) is 0 Å². The van der Waals surface area contributed by atoms with Crippen LogP contribution in [0.3, 0.4) is 0 Å². The second kappa shape index (κ2) is 7.84. The number of alkyl halides is 3. The van der Waals surface area contributed by atoms with E-state index in [1.165, 1.54) is 23.9 Å². The second-order valence-electron chi connectivity index (χ2n) is 6.15. The lowest BCUT2D eigenvalue weighted by atomic mass is 10.1. The summed E-state index contributed by atoms with van der Waals surface area (Å²) in [6.07, 6.45) is -4.37. The third kappa shape index (κ3) is 4.49. The Morgan fingerprint density at radius 3 is 2.33 bits per heavy atom. The normalized spacial score (nSPS) is 12.8. The average molecular weight is 375 g/mol. The van der Waals surface area contributed by atoms with Crippen molar-refractivity contribution in [3.8, 4) is 11.6 Å². The number of rotatable bonds is 6. The Bertz CT molecular complexity index is 874. The summed E-state index contributed by atoms with van der Waals surface area (Å²) < 4.78 is 45.0. The number of aromatic nitrogens is 2. The van der Waals surface area contributed by atoms with Gasteiger partial charge in [0.1, 0.15) is 0 Å². The molecule has 27 heavy (non-hydrogen) atoms. The lowest BCUT2D eigenvalue weighted by molar-refractivity contribution is -0.137. The molecule has 3 aromatic rings. The van der Waals surface area contributed by atoms with Gasteiger partial charge in [-0.1, -0.05) is 30.3 Å². The van der Waals surface area contributed by atoms with Gasteiger partial charge >= 0.3 is 6.18 Å². The highest BCUT2D eigenvalue weighted by Crippen LogP contribution is 2.30. The van der Waals surface area contributed by atoms with Gasteiger partial charge in [-0.25, -0.2) is 4.68 Å². The predicted molar refractivity (Wildman–Crippen MR) is 96.8 cm³/mol. The molecule has 142 valence electrons. The maximum atomic E-state index is 12.7. The molecule has 4 nitrogen and oxygen atoms in total. The predicted octanol–water partition coefficient (Wildman–Crippen LogP) is 4.75. The molecule has 1 heterocycles. The lowest BCUT2D eigenvalue weighted by Gasteiger charge is -2.13. The highest BCUT2D eigenvalue weighted by atomic mass is 19.4. The number of hydrogen-bond acceptors (Lipinski definition) is 3. The van der Waals surface area contributed by atoms with Crippen molar-refractivity contribution in [1.82, 2.24) is 15.1 Å². The van der Waals surface area contributed by atoms with E-state index < -0.39 is 11.7 Å². The minimum absolute atomic E-state index is 0.133. The zero-order chi connectivity index (χ0) is 19.4. The molecule has 7 heteroatoms. The van der Waals surface area contributed by atoms with E-state index in [0.29, 0.717) is 18.1 Å². The van der Waals surface area contributed by atoms with Gasteiger partial charge in [-0.15, -0.1) is 0 Å². The van der Waals surface area contributed by atoms with Crippen molar-refractivity contribution < 1.29 is 17.9 Å². The Morgan fingerprint density at radius 1 is 1.07 bits per heavy atom. The fraction of sp³-hybridized carbons (Fsp3) is 0.250. The van der Waals surface area contributed by atoms with Crippen LogP contribution >= 0.6 is 0 Å². The van der Waals surface area contributed by atoms with Crippen molar-refractivity contribution in [2.75, 3.05) is 7.11 Å². The van der Waals surface area contributed by atoms with E-state index in [1.54, 1.807) is 6.07 Å². The molecule has 3 rings (SSSR count). The van der Waals surface area contributed by atoms with E-state index >= 15 is 0 Å². The number of benzene rings is 2. The Labute approximate surface area is 155 Å². The summed E-state index contributed by atoms with van der Waals surface area (Å²) in [6.45, 7) is 2.56. The molecule has 0 aliphatic carbocycles. The molecule has 1 unspecified atom stereocenters. The third-order valence-electron chi connectivity index (χ3n) is 4.26. The number of ether oxygens (including phenoxy) is 1. The summed E-state index contributed by atoms with van der Waals surface area (Å²) in [5.74, 6) is 0.457. The van der Waals surface area contributed by atoms with Gasteiger partial charge in [0.25, 0.3) is 0 Å². The summed E-state index contributed by atoms with van der Waals surface area (Å²) in [6, 6.07) is 16.7. The maximum absolute atomic E-state index is 12.7. The molecular formula is C20H20F3N3O. The molecule has 0 aliphatic heterocycles. The molecule has 1 atom stereocenters. The highest BCUT2D eigenvalue weighted by molar-refractivity contribution is 5.38. The van der Waals surface area contributed by atoms with Crippen molar-refractivity contribution in [3.05, 3.63) is 77.5 Å². The lowest BCUT2D eigenvalue weighted by Crippen LogP contribution is -2.18. The van der Waals surface area contributed by atoms with E-state index in [9.17, 15) is 13.2 Å². The zero-order valence-corrected chi connectivity index (χ0v) is 15.0. The quantitative estimate of drug-likeness (QED) is 0.676. The smallest absolute Gasteiger partial charge is 0.416 e. The molecule has 0 amide bonds. The molecule has 1 aromatic heterocycles. The molecule has 0 bridgehead atoms. The molecule has 0 saturated carbocycles. The Kier molecular flexibility index (Phi) is 5.51. The van der Waals surface area contributed by atoms with Gasteiger partial charge < -0.3 is 10.1 Å². The monoisotopic (exact) mass is 375 g/mol. The van der Waals surface area contributed by atoms with Gasteiger partial charge in [0.15, 0.2) is 0 Å². The maximum Gasteiger partial charge on any atom is 0.416 e. The first kappa shape index (κ1) is 19.0. The summed E-state index contributed by atoms with van der Waals surface area (Å²) in [5, 5.41) is 7.84. The first-order valence-corrected chi connectivity index (χ1v) is 8.47. The standard InChI is InChI=1S/C20H20F3N3O/c1-14(15-6-4-3-5-7-15)24-13-17-12-19(27-2)26(25-17)18-10-8-16(9-11-18)20(21,22)23/h3-12,14,24H,13H2,1-2H3. The number of methoxy groups -OCH3 is 1. The van der Waals surface area contributed by atoms with Crippen LogP contribution in [0.1, 0.15) is 29.8 Å². The molecule has 0 spiro atoms. The van der Waals surface area contributed by atoms with Crippen molar-refractivity contribution >= 4 is 0 Å². The van der Waals surface area contributed by atoms with E-state index in [1.807, 2.05) is 30.3 Å². The summed E-state index contributed by atoms with van der Waals surface area (Å²) >= 11 is 0. The fourth-order valence-electron chi connectivity index (χ4n) is 2.74. The first-order valence-electron chi connectivity index (χ1n) is 8.47. The topological polar surface area (TPSA) is 39.1 Å². The largest absolute Gasteiger partial charge is 0.481 e. The van der Waals surface area contributed by atoms with Gasteiger partial charge in [-0.3, -0.25) is 0 Å². The molecule has 0 aliphatic rings. The van der Waals surface area contributed by atoms with E-state index in [2.05, 4.69) is 17.3 Å². The van der Waals surface area contributed by atoms with Crippen molar-refractivity contribution in [3.63, 3.8) is 0 Å². The van der Waals surface area contributed by atoms with Gasteiger partial charge in [-0.05, 0) is 36.8 Å². The van der Waals surface area contributed by atoms with Gasteiger partial charge in [-0.2, -0.15) is 18.3 Å². The van der Waals surface area contributed by atoms with Gasteiger partial charge in [0.05, 0.1) is 24.1 Å². The van der Waals surface area contributed by atoms with Crippen LogP contribution in [-0.4, -0.2) is 16.9 Å². The highest BCUT2D eigenvalue weighted by Gasteiger charge is 2.30. The van der Waals surface area contributed by atoms with Crippen LogP contribution < -0.4 is 10.1 Å². The molecule has 0 radical (unpaired) electrons. The summed E-state index contributed by atoms with van der Waals surface area (Å²) in [4.78, 5) is 0. The van der Waals surface area contributed by atoms with E-state index in [-0.39, 0.29) is 6.04 Å². The average Bonchev–Trinajstić information content (AvgIpc) is 3.09. The fourth-order valence-corrected chi connectivity index (χ4v) is 2.74. The van der Waals surface area contributed by atoms with Crippen LogP contribution in [0.5, 0.6) is 5.88 Å². The van der Waals surface area contributed by atoms with Crippen LogP contribution in [0.25, 0.3) is 5.69 Å². The number of hydrogen-bond donors (Lipinski definition) is 1. The SMILES string of the molecule is COc1cc(CNC(C)c2ccccc2)nn1-c1ccc(C(F)(F)F)cc1. The molecule has 1 N–H and O–H groups in total. The van der Waals surface area contributed by atoms with Gasteiger partial charge in [0.2, 0.25) is 5.88 Å².